The lowest BCUT2D eigenvalue weighted by molar-refractivity contribution is 0.0709. The van der Waals surface area contributed by atoms with Crippen molar-refractivity contribution in [3.63, 3.8) is 0 Å². The molecule has 0 bridgehead atoms. The molecule has 1 aromatic heterocycles. The molecular formula is C16H20N2O2. The molecule has 2 rings (SSSR count). The second kappa shape index (κ2) is 5.21. The van der Waals surface area contributed by atoms with E-state index in [0.29, 0.717) is 0 Å². The van der Waals surface area contributed by atoms with Gasteiger partial charge in [-0.05, 0) is 38.8 Å². The summed E-state index contributed by atoms with van der Waals surface area (Å²) in [4.78, 5) is 12.0. The van der Waals surface area contributed by atoms with Crippen LogP contribution in [-0.2, 0) is 12.0 Å². The average molecular weight is 272 g/mol. The monoisotopic (exact) mass is 272 g/mol. The van der Waals surface area contributed by atoms with E-state index >= 15 is 0 Å². The number of hydrogen-bond acceptors (Lipinski definition) is 3. The molecule has 4 nitrogen and oxygen atoms in total. The van der Waals surface area contributed by atoms with Crippen LogP contribution in [-0.4, -0.2) is 14.9 Å². The molecule has 0 atom stereocenters. The molecule has 1 N–H and O–H groups in total. The Labute approximate surface area is 118 Å². The van der Waals surface area contributed by atoms with E-state index in [9.17, 15) is 9.90 Å². The van der Waals surface area contributed by atoms with Crippen molar-refractivity contribution >= 4 is 0 Å². The summed E-state index contributed by atoms with van der Waals surface area (Å²) in [6.45, 7) is 7.06. The second-order valence-corrected chi connectivity index (χ2v) is 5.45. The number of rotatable bonds is 3. The third-order valence-electron chi connectivity index (χ3n) is 3.29. The highest BCUT2D eigenvalue weighted by molar-refractivity contribution is 5.41. The van der Waals surface area contributed by atoms with Crippen LogP contribution in [0.1, 0.15) is 37.7 Å². The molecule has 0 aliphatic carbocycles. The van der Waals surface area contributed by atoms with Crippen LogP contribution in [0.2, 0.25) is 0 Å². The Morgan fingerprint density at radius 2 is 1.95 bits per heavy atom. The fourth-order valence-electron chi connectivity index (χ4n) is 2.23. The van der Waals surface area contributed by atoms with Crippen molar-refractivity contribution in [3.8, 4) is 5.69 Å². The number of aliphatic hydroxyl groups is 1. The summed E-state index contributed by atoms with van der Waals surface area (Å²) in [5.74, 6) is 0. The van der Waals surface area contributed by atoms with E-state index in [2.05, 4.69) is 12.0 Å². The van der Waals surface area contributed by atoms with E-state index in [0.717, 1.165) is 23.4 Å². The maximum Gasteiger partial charge on any atom is 0.206 e. The number of aryl methyl sites for hydroxylation is 2. The van der Waals surface area contributed by atoms with Crippen molar-refractivity contribution in [1.29, 1.82) is 0 Å². The number of hydrogen-bond donors (Lipinski definition) is 1. The zero-order chi connectivity index (χ0) is 14.9. The molecular weight excluding hydrogens is 252 g/mol. The standard InChI is InChI=1S/C16H20N2O2/c1-5-12-8-6-7-9-13(12)18-11(2)10-14(19)15(17-18)16(3,4)20/h6-10,20H,5H2,1-4H3. The highest BCUT2D eigenvalue weighted by Crippen LogP contribution is 2.18. The molecule has 2 aromatic rings. The van der Waals surface area contributed by atoms with E-state index in [1.165, 1.54) is 6.07 Å². The summed E-state index contributed by atoms with van der Waals surface area (Å²) in [6, 6.07) is 9.46. The van der Waals surface area contributed by atoms with Gasteiger partial charge in [0.15, 0.2) is 0 Å². The van der Waals surface area contributed by atoms with E-state index in [-0.39, 0.29) is 11.1 Å². The fraction of sp³-hybridized carbons (Fsp3) is 0.375. The molecule has 0 saturated carbocycles. The van der Waals surface area contributed by atoms with Crippen LogP contribution in [0.4, 0.5) is 0 Å². The number of para-hydroxylation sites is 1. The van der Waals surface area contributed by atoms with Crippen LogP contribution in [0.25, 0.3) is 5.69 Å². The van der Waals surface area contributed by atoms with Gasteiger partial charge in [-0.3, -0.25) is 4.79 Å². The van der Waals surface area contributed by atoms with Gasteiger partial charge in [0.1, 0.15) is 11.3 Å². The first kappa shape index (κ1) is 14.5. The van der Waals surface area contributed by atoms with Gasteiger partial charge >= 0.3 is 0 Å². The molecule has 0 unspecified atom stereocenters. The Morgan fingerprint density at radius 3 is 2.55 bits per heavy atom. The predicted octanol–water partition coefficient (Wildman–Crippen LogP) is 2.33. The van der Waals surface area contributed by atoms with Gasteiger partial charge in [0, 0.05) is 11.8 Å². The third kappa shape index (κ3) is 2.65. The Bertz CT molecular complexity index is 682. The Hall–Kier alpha value is -1.94. The molecule has 106 valence electrons. The zero-order valence-electron chi connectivity index (χ0n) is 12.3. The molecule has 0 radical (unpaired) electrons. The van der Waals surface area contributed by atoms with Crippen molar-refractivity contribution < 1.29 is 5.11 Å². The summed E-state index contributed by atoms with van der Waals surface area (Å²) in [7, 11) is 0. The van der Waals surface area contributed by atoms with E-state index in [4.69, 9.17) is 0 Å². The summed E-state index contributed by atoms with van der Waals surface area (Å²) >= 11 is 0. The van der Waals surface area contributed by atoms with Gasteiger partial charge in [-0.15, -0.1) is 0 Å². The molecule has 0 aliphatic rings. The van der Waals surface area contributed by atoms with Gasteiger partial charge in [-0.25, -0.2) is 4.68 Å². The lowest BCUT2D eigenvalue weighted by atomic mass is 10.0. The van der Waals surface area contributed by atoms with E-state index < -0.39 is 5.60 Å². The molecule has 1 heterocycles. The van der Waals surface area contributed by atoms with Crippen LogP contribution in [0, 0.1) is 6.92 Å². The van der Waals surface area contributed by atoms with Crippen molar-refractivity contribution in [2.75, 3.05) is 0 Å². The smallest absolute Gasteiger partial charge is 0.206 e. The molecule has 0 amide bonds. The van der Waals surface area contributed by atoms with Crippen LogP contribution >= 0.6 is 0 Å². The minimum absolute atomic E-state index is 0.161. The minimum Gasteiger partial charge on any atom is -0.384 e. The van der Waals surface area contributed by atoms with Crippen LogP contribution in [0.3, 0.4) is 0 Å². The third-order valence-corrected chi connectivity index (χ3v) is 3.29. The van der Waals surface area contributed by atoms with Crippen molar-refractivity contribution in [3.05, 3.63) is 57.5 Å². The summed E-state index contributed by atoms with van der Waals surface area (Å²) in [5, 5.41) is 14.5. The maximum absolute atomic E-state index is 12.0. The topological polar surface area (TPSA) is 55.1 Å². The molecule has 20 heavy (non-hydrogen) atoms. The lowest BCUT2D eigenvalue weighted by Gasteiger charge is -2.19. The number of nitrogens with zero attached hydrogens (tertiary/aromatic N) is 2. The Balaban J connectivity index is 2.72. The van der Waals surface area contributed by atoms with Gasteiger partial charge < -0.3 is 5.11 Å². The molecule has 0 aliphatic heterocycles. The molecule has 0 saturated heterocycles. The molecule has 1 aromatic carbocycles. The lowest BCUT2D eigenvalue weighted by Crippen LogP contribution is -2.30. The van der Waals surface area contributed by atoms with Gasteiger partial charge in [-0.2, -0.15) is 5.10 Å². The van der Waals surface area contributed by atoms with Gasteiger partial charge in [-0.1, -0.05) is 25.1 Å². The summed E-state index contributed by atoms with van der Waals surface area (Å²) in [5.41, 5.74) is 1.51. The van der Waals surface area contributed by atoms with E-state index in [1.54, 1.807) is 18.5 Å². The first-order chi connectivity index (χ1) is 9.34. The quantitative estimate of drug-likeness (QED) is 0.933. The highest BCUT2D eigenvalue weighted by Gasteiger charge is 2.23. The fourth-order valence-corrected chi connectivity index (χ4v) is 2.23. The Kier molecular flexibility index (Phi) is 3.77. The summed E-state index contributed by atoms with van der Waals surface area (Å²) in [6.07, 6.45) is 0.876. The normalized spacial score (nSPS) is 11.7. The van der Waals surface area contributed by atoms with Crippen LogP contribution in [0.15, 0.2) is 35.1 Å². The molecule has 0 fully saturated rings. The SMILES string of the molecule is CCc1ccccc1-n1nc(C(C)(C)O)c(=O)cc1C. The molecule has 4 heteroatoms. The highest BCUT2D eigenvalue weighted by atomic mass is 16.3. The van der Waals surface area contributed by atoms with Gasteiger partial charge in [0.25, 0.3) is 0 Å². The zero-order valence-corrected chi connectivity index (χ0v) is 12.3. The van der Waals surface area contributed by atoms with Crippen LogP contribution in [0.5, 0.6) is 0 Å². The van der Waals surface area contributed by atoms with Crippen molar-refractivity contribution in [2.45, 2.75) is 39.7 Å². The minimum atomic E-state index is -1.26. The second-order valence-electron chi connectivity index (χ2n) is 5.45. The van der Waals surface area contributed by atoms with Gasteiger partial charge in [0.05, 0.1) is 5.69 Å². The van der Waals surface area contributed by atoms with Crippen molar-refractivity contribution in [1.82, 2.24) is 9.78 Å². The van der Waals surface area contributed by atoms with E-state index in [1.807, 2.05) is 31.2 Å². The first-order valence-electron chi connectivity index (χ1n) is 6.76. The molecule has 0 spiro atoms. The van der Waals surface area contributed by atoms with Crippen molar-refractivity contribution in [2.24, 2.45) is 0 Å². The predicted molar refractivity (Wildman–Crippen MR) is 79.2 cm³/mol. The maximum atomic E-state index is 12.0. The largest absolute Gasteiger partial charge is 0.384 e. The number of aromatic nitrogens is 2. The Morgan fingerprint density at radius 1 is 1.30 bits per heavy atom. The summed E-state index contributed by atoms with van der Waals surface area (Å²) < 4.78 is 1.73. The number of benzene rings is 1. The van der Waals surface area contributed by atoms with Crippen LogP contribution < -0.4 is 5.43 Å². The van der Waals surface area contributed by atoms with Gasteiger partial charge in [0.2, 0.25) is 5.43 Å². The average Bonchev–Trinajstić information content (AvgIpc) is 2.37. The first-order valence-corrected chi connectivity index (χ1v) is 6.76.